The van der Waals surface area contributed by atoms with Gasteiger partial charge in [-0.05, 0) is 51.7 Å². The van der Waals surface area contributed by atoms with E-state index < -0.39 is 0 Å². The van der Waals surface area contributed by atoms with Gasteiger partial charge in [0.05, 0.1) is 5.41 Å². The van der Waals surface area contributed by atoms with E-state index in [1.807, 2.05) is 27.5 Å². The van der Waals surface area contributed by atoms with Crippen LogP contribution in [0.5, 0.6) is 0 Å². The van der Waals surface area contributed by atoms with Crippen molar-refractivity contribution in [1.29, 1.82) is 0 Å². The van der Waals surface area contributed by atoms with E-state index >= 15 is 0 Å². The van der Waals surface area contributed by atoms with E-state index in [1.165, 1.54) is 0 Å². The molecule has 0 unspecified atom stereocenters. The van der Waals surface area contributed by atoms with E-state index in [4.69, 9.17) is 0 Å². The maximum atomic E-state index is 12.6. The number of rotatable bonds is 2. The van der Waals surface area contributed by atoms with Crippen molar-refractivity contribution in [3.05, 3.63) is 0 Å². The molecule has 0 radical (unpaired) electrons. The van der Waals surface area contributed by atoms with Gasteiger partial charge in [-0.1, -0.05) is 0 Å². The van der Waals surface area contributed by atoms with Crippen molar-refractivity contribution in [3.63, 3.8) is 0 Å². The molecule has 4 rings (SSSR count). The highest BCUT2D eigenvalue weighted by atomic mass is 127. The predicted molar refractivity (Wildman–Crippen MR) is 81.0 cm³/mol. The summed E-state index contributed by atoms with van der Waals surface area (Å²) >= 11 is 1.92. The Morgan fingerprint density at radius 2 is 1.84 bits per heavy atom. The first-order valence-electron chi connectivity index (χ1n) is 7.17. The van der Waals surface area contributed by atoms with Crippen molar-refractivity contribution in [1.82, 2.24) is 9.80 Å². The summed E-state index contributed by atoms with van der Waals surface area (Å²) in [7, 11) is 2.11. The van der Waals surface area contributed by atoms with Gasteiger partial charge < -0.3 is 9.80 Å². The normalized spacial score (nSPS) is 35.9. The fourth-order valence-electron chi connectivity index (χ4n) is 3.95. The maximum absolute atomic E-state index is 12.6. The zero-order valence-electron chi connectivity index (χ0n) is 11.4. The van der Waals surface area contributed by atoms with E-state index in [0.29, 0.717) is 18.4 Å². The molecule has 106 valence electrons. The molecule has 0 N–H and O–H groups in total. The molecule has 0 spiro atoms. The highest BCUT2D eigenvalue weighted by molar-refractivity contribution is 14.1. The molecule has 3 aliphatic heterocycles. The monoisotopic (exact) mass is 376 g/mol. The second kappa shape index (κ2) is 4.98. The lowest BCUT2D eigenvalue weighted by atomic mass is 9.59. The zero-order chi connectivity index (χ0) is 13.6. The molecule has 0 aromatic carbocycles. The van der Waals surface area contributed by atoms with Crippen molar-refractivity contribution >= 4 is 32.3 Å². The first kappa shape index (κ1) is 13.8. The smallest absolute Gasteiger partial charge is 0.225 e. The number of amides is 1. The zero-order valence-corrected chi connectivity index (χ0v) is 13.6. The summed E-state index contributed by atoms with van der Waals surface area (Å²) in [5, 5.41) is 0. The Labute approximate surface area is 128 Å². The fraction of sp³-hybridized carbons (Fsp3) is 0.857. The predicted octanol–water partition coefficient (Wildman–Crippen LogP) is 1.53. The van der Waals surface area contributed by atoms with E-state index in [2.05, 4.69) is 11.9 Å². The third-order valence-corrected chi connectivity index (χ3v) is 6.27. The summed E-state index contributed by atoms with van der Waals surface area (Å²) in [6.45, 7) is 3.60. The van der Waals surface area contributed by atoms with Gasteiger partial charge in [-0.3, -0.25) is 9.59 Å². The summed E-state index contributed by atoms with van der Waals surface area (Å²) in [6.07, 6.45) is 3.96. The molecule has 0 atom stereocenters. The summed E-state index contributed by atoms with van der Waals surface area (Å²) < 4.78 is 0.252. The number of piperidine rings is 3. The summed E-state index contributed by atoms with van der Waals surface area (Å²) in [5.41, 5.74) is -0.190. The highest BCUT2D eigenvalue weighted by Gasteiger charge is 2.55. The molecule has 1 saturated carbocycles. The van der Waals surface area contributed by atoms with Gasteiger partial charge in [0.25, 0.3) is 0 Å². The number of hydrogen-bond acceptors (Lipinski definition) is 3. The molecular weight excluding hydrogens is 355 g/mol. The molecule has 2 bridgehead atoms. The number of hydrogen-bond donors (Lipinski definition) is 0. The van der Waals surface area contributed by atoms with Crippen LogP contribution in [-0.2, 0) is 9.59 Å². The van der Waals surface area contributed by atoms with Crippen molar-refractivity contribution in [2.75, 3.05) is 33.2 Å². The van der Waals surface area contributed by atoms with Gasteiger partial charge in [-0.15, -0.1) is 0 Å². The third kappa shape index (κ3) is 2.44. The lowest BCUT2D eigenvalue weighted by Gasteiger charge is -2.55. The van der Waals surface area contributed by atoms with Gasteiger partial charge >= 0.3 is 0 Å². The summed E-state index contributed by atoms with van der Waals surface area (Å²) in [4.78, 5) is 28.6. The molecule has 3 heterocycles. The van der Waals surface area contributed by atoms with E-state index in [1.54, 1.807) is 0 Å². The molecule has 1 aliphatic carbocycles. The Balaban J connectivity index is 1.63. The van der Waals surface area contributed by atoms with Crippen LogP contribution >= 0.6 is 22.6 Å². The Hall–Kier alpha value is -0.170. The molecule has 3 saturated heterocycles. The van der Waals surface area contributed by atoms with E-state index in [9.17, 15) is 9.59 Å². The number of fused-ring (bicyclic) bond motifs is 2. The third-order valence-electron chi connectivity index (χ3n) is 5.13. The first-order chi connectivity index (χ1) is 9.00. The molecule has 5 heteroatoms. The second-order valence-corrected chi connectivity index (χ2v) is 7.60. The Morgan fingerprint density at radius 1 is 1.21 bits per heavy atom. The van der Waals surface area contributed by atoms with Gasteiger partial charge in [-0.2, -0.15) is 0 Å². The van der Waals surface area contributed by atoms with Crippen molar-refractivity contribution in [2.24, 2.45) is 17.3 Å². The molecule has 4 fully saturated rings. The molecule has 4 aliphatic rings. The van der Waals surface area contributed by atoms with Crippen LogP contribution in [0.15, 0.2) is 0 Å². The lowest BCUT2D eigenvalue weighted by molar-refractivity contribution is -0.154. The van der Waals surface area contributed by atoms with Crippen LogP contribution < -0.4 is 0 Å². The molecule has 19 heavy (non-hydrogen) atoms. The molecule has 0 aromatic heterocycles. The van der Waals surface area contributed by atoms with Crippen LogP contribution in [0.3, 0.4) is 0 Å². The number of likely N-dealkylation sites (tertiary alicyclic amines) is 1. The Bertz CT molecular complexity index is 398. The topological polar surface area (TPSA) is 40.6 Å². The SMILES string of the molecule is CN1CCC(C(=O)N2CC3CC(C(=O)I)(C3)C2)CC1. The first-order valence-corrected chi connectivity index (χ1v) is 8.25. The average Bonchev–Trinajstić information content (AvgIpc) is 2.37. The minimum absolute atomic E-state index is 0.190. The van der Waals surface area contributed by atoms with Crippen molar-refractivity contribution in [2.45, 2.75) is 25.7 Å². The van der Waals surface area contributed by atoms with Crippen LogP contribution in [0.2, 0.25) is 0 Å². The van der Waals surface area contributed by atoms with Crippen LogP contribution in [0.1, 0.15) is 25.7 Å². The number of nitrogens with zero attached hydrogens (tertiary/aromatic N) is 2. The number of halogens is 1. The van der Waals surface area contributed by atoms with Crippen LogP contribution in [0, 0.1) is 17.3 Å². The quantitative estimate of drug-likeness (QED) is 0.542. The molecule has 1 amide bonds. The van der Waals surface area contributed by atoms with Crippen LogP contribution in [0.25, 0.3) is 0 Å². The molecule has 4 nitrogen and oxygen atoms in total. The van der Waals surface area contributed by atoms with Gasteiger partial charge in [0.2, 0.25) is 5.91 Å². The molecular formula is C14H21IN2O2. The number of carbonyl (C=O) groups is 2. The lowest BCUT2D eigenvalue weighted by Crippen LogP contribution is -2.61. The summed E-state index contributed by atoms with van der Waals surface area (Å²) in [6, 6.07) is 0. The molecule has 0 aromatic rings. The fourth-order valence-corrected chi connectivity index (χ4v) is 4.56. The van der Waals surface area contributed by atoms with E-state index in [-0.39, 0.29) is 15.1 Å². The van der Waals surface area contributed by atoms with Crippen molar-refractivity contribution in [3.8, 4) is 0 Å². The summed E-state index contributed by atoms with van der Waals surface area (Å²) in [5.74, 6) is 1.07. The van der Waals surface area contributed by atoms with Crippen molar-refractivity contribution < 1.29 is 9.59 Å². The van der Waals surface area contributed by atoms with Crippen LogP contribution in [0.4, 0.5) is 0 Å². The second-order valence-electron chi connectivity index (χ2n) is 6.62. The van der Waals surface area contributed by atoms with Gasteiger partial charge in [0.1, 0.15) is 0 Å². The standard InChI is InChI=1S/C14H21IN2O2/c1-16-4-2-11(3-5-16)12(18)17-8-10-6-14(7-10,9-17)13(15)19/h10-11H,2-9H2,1H3. The number of carbonyl (C=O) groups excluding carboxylic acids is 2. The van der Waals surface area contributed by atoms with E-state index in [0.717, 1.165) is 45.3 Å². The minimum Gasteiger partial charge on any atom is -0.341 e. The van der Waals surface area contributed by atoms with Gasteiger partial charge in [0, 0.05) is 41.6 Å². The minimum atomic E-state index is -0.190. The Morgan fingerprint density at radius 3 is 2.42 bits per heavy atom. The Kier molecular flexibility index (Phi) is 3.62. The van der Waals surface area contributed by atoms with Gasteiger partial charge in [0.15, 0.2) is 3.79 Å². The van der Waals surface area contributed by atoms with Crippen LogP contribution in [-0.4, -0.2) is 52.7 Å². The average molecular weight is 376 g/mol. The maximum Gasteiger partial charge on any atom is 0.225 e. The van der Waals surface area contributed by atoms with Gasteiger partial charge in [-0.25, -0.2) is 0 Å². The highest BCUT2D eigenvalue weighted by Crippen LogP contribution is 2.52. The largest absolute Gasteiger partial charge is 0.341 e.